The highest BCUT2D eigenvalue weighted by atomic mass is 127. The standard InChI is InChI=1S/C4HI.C2H3F3O5S2/c1-2-3-4-5;1-11(6,7)10-12(8,9)2(3,4)5/h1H;1H3. The van der Waals surface area contributed by atoms with Crippen molar-refractivity contribution >= 4 is 42.8 Å². The predicted octanol–water partition coefficient (Wildman–Crippen LogP) is 0.828. The molecule has 11 heteroatoms. The van der Waals surface area contributed by atoms with Gasteiger partial charge in [0, 0.05) is 22.6 Å². The largest absolute Gasteiger partial charge is 0.524 e. The summed E-state index contributed by atoms with van der Waals surface area (Å²) in [5.74, 6) is 4.52. The van der Waals surface area contributed by atoms with Crippen molar-refractivity contribution in [3.05, 3.63) is 0 Å². The molecule has 0 spiro atoms. The third-order valence-electron chi connectivity index (χ3n) is 0.616. The van der Waals surface area contributed by atoms with E-state index in [2.05, 4.69) is 19.4 Å². The molecule has 5 nitrogen and oxygen atoms in total. The van der Waals surface area contributed by atoms with E-state index in [1.807, 2.05) is 22.6 Å². The van der Waals surface area contributed by atoms with Gasteiger partial charge in [-0.2, -0.15) is 30.0 Å². The maximum Gasteiger partial charge on any atom is 0.524 e. The summed E-state index contributed by atoms with van der Waals surface area (Å²) in [6.07, 6.45) is 4.90. The number of rotatable bonds is 2. The molecule has 0 aromatic rings. The molecule has 0 atom stereocenters. The number of hydrogen-bond donors (Lipinski definition) is 0. The maximum atomic E-state index is 11.4. The summed E-state index contributed by atoms with van der Waals surface area (Å²) >= 11 is 1.88. The van der Waals surface area contributed by atoms with Crippen LogP contribution < -0.4 is 0 Å². The predicted molar refractivity (Wildman–Crippen MR) is 61.5 cm³/mol. The van der Waals surface area contributed by atoms with Gasteiger partial charge < -0.3 is 0 Å². The third-order valence-corrected chi connectivity index (χ3v) is 3.16. The quantitative estimate of drug-likeness (QED) is 0.387. The third kappa shape index (κ3) is 10.4. The van der Waals surface area contributed by atoms with Crippen molar-refractivity contribution in [1.29, 1.82) is 0 Å². The second kappa shape index (κ2) is 7.05. The van der Waals surface area contributed by atoms with E-state index in [4.69, 9.17) is 6.42 Å². The van der Waals surface area contributed by atoms with Crippen LogP contribution in [0.3, 0.4) is 0 Å². The van der Waals surface area contributed by atoms with Gasteiger partial charge in [-0.05, 0) is 15.8 Å². The molecule has 0 N–H and O–H groups in total. The van der Waals surface area contributed by atoms with E-state index in [0.717, 1.165) is 0 Å². The van der Waals surface area contributed by atoms with Crippen molar-refractivity contribution in [3.8, 4) is 22.2 Å². The maximum absolute atomic E-state index is 11.4. The summed E-state index contributed by atoms with van der Waals surface area (Å²) in [4.78, 5) is 0. The molecule has 0 radical (unpaired) electrons. The van der Waals surface area contributed by atoms with Crippen LogP contribution in [0.15, 0.2) is 0 Å². The molecular formula is C6H4F3IO5S2. The van der Waals surface area contributed by atoms with Crippen LogP contribution in [0.4, 0.5) is 13.2 Å². The Morgan fingerprint density at radius 3 is 1.71 bits per heavy atom. The summed E-state index contributed by atoms with van der Waals surface area (Å²) in [7, 11) is -10.7. The van der Waals surface area contributed by atoms with Crippen LogP contribution >= 0.6 is 22.6 Å². The van der Waals surface area contributed by atoms with Gasteiger partial charge in [0.25, 0.3) is 10.1 Å². The molecule has 0 aromatic heterocycles. The smallest absolute Gasteiger partial charge is 0.199 e. The molecule has 0 aliphatic carbocycles. The lowest BCUT2D eigenvalue weighted by molar-refractivity contribution is -0.0498. The van der Waals surface area contributed by atoms with E-state index in [9.17, 15) is 30.0 Å². The minimum atomic E-state index is -6.04. The molecule has 17 heavy (non-hydrogen) atoms. The number of alkyl halides is 3. The molecule has 0 saturated heterocycles. The van der Waals surface area contributed by atoms with Crippen LogP contribution in [0.25, 0.3) is 0 Å². The van der Waals surface area contributed by atoms with Gasteiger partial charge in [0.1, 0.15) is 0 Å². The van der Waals surface area contributed by atoms with Crippen LogP contribution in [0, 0.1) is 22.2 Å². The Kier molecular flexibility index (Phi) is 7.82. The summed E-state index contributed by atoms with van der Waals surface area (Å²) in [6.45, 7) is 0. The Hall–Kier alpha value is -0.500. The highest BCUT2D eigenvalue weighted by molar-refractivity contribution is 14.1. The Balaban J connectivity index is 0. The molecule has 98 valence electrons. The van der Waals surface area contributed by atoms with E-state index in [1.165, 1.54) is 0 Å². The lowest BCUT2D eigenvalue weighted by Crippen LogP contribution is -2.27. The van der Waals surface area contributed by atoms with Gasteiger partial charge in [0.15, 0.2) is 0 Å². The van der Waals surface area contributed by atoms with Gasteiger partial charge in [-0.1, -0.05) is 0 Å². The molecule has 0 aromatic carbocycles. The monoisotopic (exact) mass is 404 g/mol. The lowest BCUT2D eigenvalue weighted by atomic mass is 10.7. The minimum Gasteiger partial charge on any atom is -0.199 e. The molecule has 0 unspecified atom stereocenters. The average molecular weight is 404 g/mol. The highest BCUT2D eigenvalue weighted by Gasteiger charge is 2.49. The molecule has 0 aliphatic rings. The van der Waals surface area contributed by atoms with Gasteiger partial charge in [-0.25, -0.2) is 0 Å². The second-order valence-electron chi connectivity index (χ2n) is 2.04. The van der Waals surface area contributed by atoms with Crippen LogP contribution in [0.2, 0.25) is 0 Å². The van der Waals surface area contributed by atoms with Crippen molar-refractivity contribution in [2.24, 2.45) is 0 Å². The van der Waals surface area contributed by atoms with E-state index in [0.29, 0.717) is 0 Å². The first-order chi connectivity index (χ1) is 7.37. The van der Waals surface area contributed by atoms with Gasteiger partial charge in [0.2, 0.25) is 0 Å². The molecule has 0 aliphatic heterocycles. The Morgan fingerprint density at radius 2 is 1.65 bits per heavy atom. The zero-order valence-electron chi connectivity index (χ0n) is 7.95. The fourth-order valence-electron chi connectivity index (χ4n) is 0.229. The molecule has 0 rings (SSSR count). The van der Waals surface area contributed by atoms with Gasteiger partial charge in [-0.3, -0.25) is 0 Å². The van der Waals surface area contributed by atoms with Crippen LogP contribution in [-0.2, 0) is 23.9 Å². The van der Waals surface area contributed by atoms with Crippen LogP contribution in [-0.4, -0.2) is 28.6 Å². The minimum absolute atomic E-state index is 0.191. The van der Waals surface area contributed by atoms with E-state index in [-0.39, 0.29) is 6.26 Å². The molecule has 0 bridgehead atoms. The summed E-state index contributed by atoms with van der Waals surface area (Å²) in [5.41, 5.74) is -5.73. The van der Waals surface area contributed by atoms with E-state index >= 15 is 0 Å². The molecule has 0 fully saturated rings. The fraction of sp³-hybridized carbons (Fsp3) is 0.333. The lowest BCUT2D eigenvalue weighted by Gasteiger charge is -2.04. The zero-order chi connectivity index (χ0) is 14.3. The topological polar surface area (TPSA) is 77.5 Å². The fourth-order valence-corrected chi connectivity index (χ4v) is 1.99. The highest BCUT2D eigenvalue weighted by Crippen LogP contribution is 2.25. The van der Waals surface area contributed by atoms with Gasteiger partial charge in [0.05, 0.1) is 6.26 Å². The SMILES string of the molecule is C#CC#CI.CS(=O)(=O)OS(=O)(=O)C(F)(F)F. The first-order valence-electron chi connectivity index (χ1n) is 3.16. The Morgan fingerprint density at radius 1 is 1.24 bits per heavy atom. The summed E-state index contributed by atoms with van der Waals surface area (Å²) in [5, 5.41) is 0. The second-order valence-corrected chi connectivity index (χ2v) is 5.90. The van der Waals surface area contributed by atoms with Crippen LogP contribution in [0.5, 0.6) is 0 Å². The Bertz CT molecular complexity index is 543. The van der Waals surface area contributed by atoms with Crippen molar-refractivity contribution in [1.82, 2.24) is 0 Å². The van der Waals surface area contributed by atoms with Crippen molar-refractivity contribution in [2.75, 3.05) is 6.26 Å². The number of terminal acetylenes is 1. The van der Waals surface area contributed by atoms with Crippen molar-refractivity contribution in [3.63, 3.8) is 0 Å². The van der Waals surface area contributed by atoms with Crippen LogP contribution in [0.1, 0.15) is 0 Å². The molecule has 0 saturated carbocycles. The summed E-state index contributed by atoms with van der Waals surface area (Å²) < 4.78 is 79.3. The molecule has 0 amide bonds. The van der Waals surface area contributed by atoms with Gasteiger partial charge >= 0.3 is 15.6 Å². The number of halogens is 4. The summed E-state index contributed by atoms with van der Waals surface area (Å²) in [6, 6.07) is 0. The molecular weight excluding hydrogens is 400 g/mol. The normalized spacial score (nSPS) is 11.3. The first kappa shape index (κ1) is 18.9. The molecule has 0 heterocycles. The Labute approximate surface area is 110 Å². The average Bonchev–Trinajstić information content (AvgIpc) is 1.99. The zero-order valence-corrected chi connectivity index (χ0v) is 11.7. The van der Waals surface area contributed by atoms with Crippen molar-refractivity contribution < 1.29 is 33.6 Å². The first-order valence-corrected chi connectivity index (χ1v) is 7.46. The van der Waals surface area contributed by atoms with Gasteiger partial charge in [-0.15, -0.1) is 10.1 Å². The number of hydrogen-bond acceptors (Lipinski definition) is 5. The van der Waals surface area contributed by atoms with Crippen molar-refractivity contribution in [2.45, 2.75) is 5.51 Å². The van der Waals surface area contributed by atoms with E-state index < -0.39 is 25.7 Å². The van der Waals surface area contributed by atoms with E-state index in [1.54, 1.807) is 0 Å².